The van der Waals surface area contributed by atoms with Gasteiger partial charge < -0.3 is 40.2 Å². The van der Waals surface area contributed by atoms with E-state index in [0.717, 1.165) is 0 Å². The Balaban J connectivity index is 1.29. The molecule has 16 nitrogen and oxygen atoms in total. The molecule has 7 atom stereocenters. The van der Waals surface area contributed by atoms with Gasteiger partial charge in [-0.05, 0) is 31.6 Å². The Labute approximate surface area is 239 Å². The lowest BCUT2D eigenvalue weighted by molar-refractivity contribution is -0.0993. The number of nitrogens with two attached hydrogens (primary N) is 2. The van der Waals surface area contributed by atoms with Gasteiger partial charge in [0.15, 0.2) is 17.7 Å². The van der Waals surface area contributed by atoms with Gasteiger partial charge >= 0.3 is 12.4 Å². The van der Waals surface area contributed by atoms with Crippen molar-refractivity contribution in [2.75, 3.05) is 31.8 Å². The molecule has 3 aromatic heterocycles. The fraction of sp³-hybridized carbons (Fsp3) is 0.522. The standard InChI is InChI=1S/C23H31N8O8PS/c1-4-23(9-32)17(16(35-3)21(38-23)30-7-12(2)18(24)29-22(30)33)39-40(34,41)36-8-13-5-6-14(37-13)31-11-28-15-19(25)26-10-27-20(15)31/h4,7,10-11,13-14,16-17,21,32H,1,5-6,8-9H2,2-3H3,(H,34,41)(H2,24,29,33)(H2,25,26,27)/t13-,14+,16+,17-,21+,23+,40?/m0/s1. The van der Waals surface area contributed by atoms with Crippen LogP contribution >= 0.6 is 6.72 Å². The summed E-state index contributed by atoms with van der Waals surface area (Å²) < 4.78 is 32.3. The van der Waals surface area contributed by atoms with Crippen LogP contribution in [-0.2, 0) is 35.1 Å². The molecule has 0 spiro atoms. The summed E-state index contributed by atoms with van der Waals surface area (Å²) in [4.78, 5) is 40.0. The molecule has 1 unspecified atom stereocenters. The van der Waals surface area contributed by atoms with Crippen molar-refractivity contribution in [3.63, 3.8) is 0 Å². The average Bonchev–Trinajstić information content (AvgIpc) is 3.66. The lowest BCUT2D eigenvalue weighted by Crippen LogP contribution is -2.46. The second-order valence-electron chi connectivity index (χ2n) is 9.69. The van der Waals surface area contributed by atoms with Crippen molar-refractivity contribution >= 4 is 41.3 Å². The quantitative estimate of drug-likeness (QED) is 0.179. The molecule has 2 fully saturated rings. The first-order valence-electron chi connectivity index (χ1n) is 12.6. The first kappa shape index (κ1) is 29.6. The number of hydrogen-bond donors (Lipinski definition) is 4. The molecule has 0 aromatic carbocycles. The zero-order chi connectivity index (χ0) is 29.5. The van der Waals surface area contributed by atoms with E-state index in [1.807, 2.05) is 0 Å². The van der Waals surface area contributed by atoms with E-state index >= 15 is 0 Å². The third kappa shape index (κ3) is 5.52. The van der Waals surface area contributed by atoms with Crippen LogP contribution in [0.4, 0.5) is 11.6 Å². The van der Waals surface area contributed by atoms with E-state index in [4.69, 9.17) is 46.5 Å². The number of nitrogens with zero attached hydrogens (tertiary/aromatic N) is 6. The number of aliphatic hydroxyl groups is 1. The van der Waals surface area contributed by atoms with E-state index in [0.29, 0.717) is 29.6 Å². The molecule has 0 radical (unpaired) electrons. The van der Waals surface area contributed by atoms with Crippen LogP contribution in [0, 0.1) is 6.92 Å². The van der Waals surface area contributed by atoms with Crippen LogP contribution in [0.25, 0.3) is 11.2 Å². The first-order valence-corrected chi connectivity index (χ1v) is 15.2. The molecule has 0 bridgehead atoms. The van der Waals surface area contributed by atoms with Gasteiger partial charge in [0.25, 0.3) is 0 Å². The van der Waals surface area contributed by atoms with Crippen molar-refractivity contribution < 1.29 is 33.3 Å². The molecule has 3 aromatic rings. The Morgan fingerprint density at radius 2 is 2.07 bits per heavy atom. The predicted molar refractivity (Wildman–Crippen MR) is 149 cm³/mol. The van der Waals surface area contributed by atoms with Crippen LogP contribution < -0.4 is 17.2 Å². The second-order valence-corrected chi connectivity index (χ2v) is 12.5. The summed E-state index contributed by atoms with van der Waals surface area (Å²) in [6.45, 7) is 0.755. The highest BCUT2D eigenvalue weighted by molar-refractivity contribution is 8.07. The molecular weight excluding hydrogens is 579 g/mol. The lowest BCUT2D eigenvalue weighted by atomic mass is 9.96. The van der Waals surface area contributed by atoms with Gasteiger partial charge in [0.2, 0.25) is 0 Å². The SMILES string of the molecule is C=C[C@]1(CO)O[C@@H](n2cc(C)c(N)nc2=O)[C@H](OC)[C@@H]1OP(O)(=S)OC[C@@H]1CC[C@H](n2cnc3c(N)ncnc32)O1. The van der Waals surface area contributed by atoms with Gasteiger partial charge in [-0.1, -0.05) is 6.08 Å². The topological polar surface area (TPSA) is 217 Å². The zero-order valence-electron chi connectivity index (χ0n) is 22.3. The largest absolute Gasteiger partial charge is 0.393 e. The summed E-state index contributed by atoms with van der Waals surface area (Å²) in [6.07, 6.45) is 2.74. The van der Waals surface area contributed by atoms with Crippen molar-refractivity contribution in [1.82, 2.24) is 29.1 Å². The Morgan fingerprint density at radius 3 is 2.78 bits per heavy atom. The summed E-state index contributed by atoms with van der Waals surface area (Å²) >= 11 is 5.32. The van der Waals surface area contributed by atoms with Crippen molar-refractivity contribution in [3.05, 3.63) is 47.6 Å². The van der Waals surface area contributed by atoms with E-state index in [2.05, 4.69) is 26.5 Å². The van der Waals surface area contributed by atoms with Crippen LogP contribution in [0.1, 0.15) is 30.9 Å². The third-order valence-electron chi connectivity index (χ3n) is 7.17. The minimum Gasteiger partial charge on any atom is -0.393 e. The molecule has 41 heavy (non-hydrogen) atoms. The number of hydrogen-bond acceptors (Lipinski definition) is 14. The third-order valence-corrected chi connectivity index (χ3v) is 8.71. The molecule has 2 saturated heterocycles. The van der Waals surface area contributed by atoms with E-state index in [-0.39, 0.29) is 24.5 Å². The molecule has 2 aliphatic rings. The molecule has 0 amide bonds. The molecule has 18 heteroatoms. The molecule has 0 saturated carbocycles. The number of rotatable bonds is 10. The van der Waals surface area contributed by atoms with Crippen molar-refractivity contribution in [2.24, 2.45) is 0 Å². The highest BCUT2D eigenvalue weighted by atomic mass is 32.5. The minimum absolute atomic E-state index is 0.0670. The molecular formula is C23H31N8O8PS. The fourth-order valence-electron chi connectivity index (χ4n) is 4.95. The van der Waals surface area contributed by atoms with Crippen molar-refractivity contribution in [3.8, 4) is 0 Å². The van der Waals surface area contributed by atoms with Gasteiger partial charge in [-0.3, -0.25) is 13.7 Å². The summed E-state index contributed by atoms with van der Waals surface area (Å²) in [6, 6.07) is 0. The van der Waals surface area contributed by atoms with Crippen LogP contribution in [0.3, 0.4) is 0 Å². The van der Waals surface area contributed by atoms with Crippen LogP contribution in [0.2, 0.25) is 0 Å². The molecule has 2 aliphatic heterocycles. The number of aromatic nitrogens is 6. The van der Waals surface area contributed by atoms with Crippen LogP contribution in [0.5, 0.6) is 0 Å². The van der Waals surface area contributed by atoms with E-state index in [1.165, 1.54) is 30.3 Å². The number of anilines is 2. The summed E-state index contributed by atoms with van der Waals surface area (Å²) in [5.41, 5.74) is 10.9. The molecule has 6 N–H and O–H groups in total. The second kappa shape index (κ2) is 11.4. The van der Waals surface area contributed by atoms with E-state index in [1.54, 1.807) is 17.8 Å². The number of fused-ring (bicyclic) bond motifs is 1. The maximum absolute atomic E-state index is 12.7. The zero-order valence-corrected chi connectivity index (χ0v) is 24.0. The van der Waals surface area contributed by atoms with E-state index in [9.17, 15) is 14.8 Å². The van der Waals surface area contributed by atoms with Crippen LogP contribution in [0.15, 0.2) is 36.3 Å². The average molecular weight is 611 g/mol. The Kier molecular flexibility index (Phi) is 8.26. The summed E-state index contributed by atoms with van der Waals surface area (Å²) in [5, 5.41) is 10.3. The highest BCUT2D eigenvalue weighted by Gasteiger charge is 2.57. The molecule has 5 rings (SSSR count). The maximum atomic E-state index is 12.7. The number of aliphatic hydroxyl groups excluding tert-OH is 1. The first-order chi connectivity index (χ1) is 19.5. The fourth-order valence-corrected chi connectivity index (χ4v) is 6.42. The number of imidazole rings is 1. The van der Waals surface area contributed by atoms with Crippen LogP contribution in [-0.4, -0.2) is 83.3 Å². The molecule has 5 heterocycles. The number of nitrogen functional groups attached to an aromatic ring is 2. The lowest BCUT2D eigenvalue weighted by Gasteiger charge is -2.32. The number of methoxy groups -OCH3 is 1. The Morgan fingerprint density at radius 1 is 1.29 bits per heavy atom. The monoisotopic (exact) mass is 610 g/mol. The Bertz CT molecular complexity index is 1550. The highest BCUT2D eigenvalue weighted by Crippen LogP contribution is 2.52. The summed E-state index contributed by atoms with van der Waals surface area (Å²) in [5.74, 6) is 0.334. The van der Waals surface area contributed by atoms with Crippen molar-refractivity contribution in [2.45, 2.75) is 56.1 Å². The van der Waals surface area contributed by atoms with Gasteiger partial charge in [-0.15, -0.1) is 6.58 Å². The van der Waals surface area contributed by atoms with Gasteiger partial charge in [0.1, 0.15) is 41.7 Å². The number of ether oxygens (including phenoxy) is 3. The molecule has 0 aliphatic carbocycles. The number of aryl methyl sites for hydroxylation is 1. The Hall–Kier alpha value is -2.86. The van der Waals surface area contributed by atoms with Gasteiger partial charge in [-0.2, -0.15) is 4.98 Å². The predicted octanol–water partition coefficient (Wildman–Crippen LogP) is 0.313. The minimum atomic E-state index is -3.97. The smallest absolute Gasteiger partial charge is 0.351 e. The summed E-state index contributed by atoms with van der Waals surface area (Å²) in [7, 11) is 1.36. The van der Waals surface area contributed by atoms with Gasteiger partial charge in [0.05, 0.1) is 25.6 Å². The molecule has 222 valence electrons. The van der Waals surface area contributed by atoms with Gasteiger partial charge in [0, 0.05) is 18.9 Å². The normalized spacial score (nSPS) is 29.6. The van der Waals surface area contributed by atoms with E-state index < -0.39 is 49.2 Å². The maximum Gasteiger partial charge on any atom is 0.351 e. The van der Waals surface area contributed by atoms with Crippen molar-refractivity contribution in [1.29, 1.82) is 0 Å². The van der Waals surface area contributed by atoms with Gasteiger partial charge in [-0.25, -0.2) is 19.7 Å².